The minimum Gasteiger partial charge on any atom is -0.438 e. The maximum Gasteiger partial charge on any atom is 0.269 e. The summed E-state index contributed by atoms with van der Waals surface area (Å²) in [7, 11) is 0. The van der Waals surface area contributed by atoms with Crippen molar-refractivity contribution in [1.29, 1.82) is 5.26 Å². The van der Waals surface area contributed by atoms with Crippen LogP contribution in [-0.2, 0) is 4.79 Å². The van der Waals surface area contributed by atoms with Crippen LogP contribution in [0.5, 0.6) is 11.6 Å². The minimum atomic E-state index is -0.542. The van der Waals surface area contributed by atoms with Crippen LogP contribution in [0.15, 0.2) is 59.0 Å². The molecule has 1 fully saturated rings. The molecule has 4 rings (SSSR count). The number of ether oxygens (including phenoxy) is 1. The van der Waals surface area contributed by atoms with Crippen molar-refractivity contribution in [2.75, 3.05) is 0 Å². The first-order chi connectivity index (χ1) is 15.0. The van der Waals surface area contributed by atoms with E-state index in [9.17, 15) is 19.2 Å². The molecule has 1 N–H and O–H groups in total. The summed E-state index contributed by atoms with van der Waals surface area (Å²) in [6, 6.07) is 12.1. The zero-order valence-electron chi connectivity index (χ0n) is 16.5. The Kier molecular flexibility index (Phi) is 5.76. The Morgan fingerprint density at radius 3 is 2.68 bits per heavy atom. The maximum atomic E-state index is 13.2. The molecule has 0 saturated heterocycles. The molecule has 1 saturated carbocycles. The summed E-state index contributed by atoms with van der Waals surface area (Å²) in [6.07, 6.45) is 6.52. The van der Waals surface area contributed by atoms with Gasteiger partial charge in [-0.3, -0.25) is 14.0 Å². The molecule has 31 heavy (non-hydrogen) atoms. The summed E-state index contributed by atoms with van der Waals surface area (Å²) in [5, 5.41) is 12.4. The summed E-state index contributed by atoms with van der Waals surface area (Å²) in [6.45, 7) is 0. The number of halogens is 1. The van der Waals surface area contributed by atoms with Gasteiger partial charge in [0.15, 0.2) is 0 Å². The van der Waals surface area contributed by atoms with Crippen molar-refractivity contribution in [2.24, 2.45) is 0 Å². The fraction of sp³-hybridized carbons (Fsp3) is 0.217. The lowest BCUT2D eigenvalue weighted by Gasteiger charge is -2.12. The molecule has 0 spiro atoms. The maximum absolute atomic E-state index is 13.2. The summed E-state index contributed by atoms with van der Waals surface area (Å²) in [5.74, 6) is -0.796. The second-order valence-corrected chi connectivity index (χ2v) is 7.25. The average molecular weight is 418 g/mol. The van der Waals surface area contributed by atoms with Crippen LogP contribution in [0.2, 0.25) is 0 Å². The molecule has 0 aliphatic heterocycles. The molecule has 1 amide bonds. The normalized spacial score (nSPS) is 14.4. The molecule has 3 aromatic rings. The molecule has 1 aliphatic rings. The third kappa shape index (κ3) is 4.46. The standard InChI is InChI=1S/C23H19FN4O3/c24-16-8-10-18(11-9-16)31-22-19(23(30)28-12-4-3-7-20(28)27-22)13-15(14-25)21(29)26-17-5-1-2-6-17/h3-4,7-13,17H,1-2,5-6H2,(H,26,29). The molecular formula is C23H19FN4O3. The Morgan fingerprint density at radius 2 is 1.97 bits per heavy atom. The molecule has 7 nitrogen and oxygen atoms in total. The van der Waals surface area contributed by atoms with Crippen molar-refractivity contribution in [2.45, 2.75) is 31.7 Å². The Morgan fingerprint density at radius 1 is 1.23 bits per heavy atom. The van der Waals surface area contributed by atoms with Crippen molar-refractivity contribution in [3.05, 3.63) is 76.0 Å². The Labute approximate surface area is 177 Å². The minimum absolute atomic E-state index is 0.0232. The van der Waals surface area contributed by atoms with Crippen molar-refractivity contribution in [3.8, 4) is 17.7 Å². The molecular weight excluding hydrogens is 399 g/mol. The number of pyridine rings is 1. The fourth-order valence-electron chi connectivity index (χ4n) is 3.52. The molecule has 0 unspecified atom stereocenters. The highest BCUT2D eigenvalue weighted by atomic mass is 19.1. The molecule has 0 radical (unpaired) electrons. The second kappa shape index (κ2) is 8.79. The van der Waals surface area contributed by atoms with E-state index >= 15 is 0 Å². The number of amides is 1. The largest absolute Gasteiger partial charge is 0.438 e. The number of fused-ring (bicyclic) bond motifs is 1. The molecule has 8 heteroatoms. The predicted molar refractivity (Wildman–Crippen MR) is 112 cm³/mol. The number of aromatic nitrogens is 2. The van der Waals surface area contributed by atoms with Gasteiger partial charge in [-0.25, -0.2) is 4.39 Å². The van der Waals surface area contributed by atoms with Gasteiger partial charge in [0.25, 0.3) is 11.5 Å². The number of hydrogen-bond acceptors (Lipinski definition) is 5. The molecule has 1 aromatic carbocycles. The lowest BCUT2D eigenvalue weighted by atomic mass is 10.1. The smallest absolute Gasteiger partial charge is 0.269 e. The van der Waals surface area contributed by atoms with Crippen LogP contribution in [0.4, 0.5) is 4.39 Å². The Balaban J connectivity index is 1.78. The summed E-state index contributed by atoms with van der Waals surface area (Å²) in [5.41, 5.74) is -0.434. The number of carbonyl (C=O) groups is 1. The SMILES string of the molecule is N#CC(=Cc1c(Oc2ccc(F)cc2)nc2ccccn2c1=O)C(=O)NC1CCCC1. The van der Waals surface area contributed by atoms with Gasteiger partial charge in [-0.05, 0) is 55.3 Å². The van der Waals surface area contributed by atoms with E-state index in [-0.39, 0.29) is 28.8 Å². The fourth-order valence-corrected chi connectivity index (χ4v) is 3.52. The number of nitriles is 1. The van der Waals surface area contributed by atoms with Gasteiger partial charge in [0.2, 0.25) is 5.88 Å². The molecule has 2 heterocycles. The van der Waals surface area contributed by atoms with Crippen LogP contribution >= 0.6 is 0 Å². The van der Waals surface area contributed by atoms with E-state index in [1.54, 1.807) is 18.2 Å². The van der Waals surface area contributed by atoms with Gasteiger partial charge in [0.1, 0.15) is 34.4 Å². The van der Waals surface area contributed by atoms with Gasteiger partial charge in [-0.1, -0.05) is 18.9 Å². The van der Waals surface area contributed by atoms with E-state index in [0.717, 1.165) is 25.7 Å². The van der Waals surface area contributed by atoms with E-state index in [1.807, 2.05) is 6.07 Å². The van der Waals surface area contributed by atoms with E-state index in [0.29, 0.717) is 5.65 Å². The number of nitrogens with one attached hydrogen (secondary N) is 1. The first kappa shape index (κ1) is 20.3. The van der Waals surface area contributed by atoms with Crippen LogP contribution in [0.3, 0.4) is 0 Å². The van der Waals surface area contributed by atoms with E-state index in [1.165, 1.54) is 40.9 Å². The summed E-state index contributed by atoms with van der Waals surface area (Å²) >= 11 is 0. The van der Waals surface area contributed by atoms with Crippen LogP contribution in [0.1, 0.15) is 31.2 Å². The summed E-state index contributed by atoms with van der Waals surface area (Å²) < 4.78 is 20.3. The highest BCUT2D eigenvalue weighted by molar-refractivity contribution is 6.02. The van der Waals surface area contributed by atoms with Gasteiger partial charge in [-0.2, -0.15) is 10.2 Å². The van der Waals surface area contributed by atoms with Crippen molar-refractivity contribution in [3.63, 3.8) is 0 Å². The highest BCUT2D eigenvalue weighted by Gasteiger charge is 2.21. The second-order valence-electron chi connectivity index (χ2n) is 7.25. The Bertz CT molecular complexity index is 1250. The number of rotatable bonds is 5. The predicted octanol–water partition coefficient (Wildman–Crippen LogP) is 3.59. The van der Waals surface area contributed by atoms with E-state index < -0.39 is 17.3 Å². The van der Waals surface area contributed by atoms with Gasteiger partial charge < -0.3 is 10.1 Å². The lowest BCUT2D eigenvalue weighted by Crippen LogP contribution is -2.33. The number of carbonyl (C=O) groups excluding carboxylic acids is 1. The van der Waals surface area contributed by atoms with Gasteiger partial charge >= 0.3 is 0 Å². The third-order valence-electron chi connectivity index (χ3n) is 5.11. The topological polar surface area (TPSA) is 96.5 Å². The van der Waals surface area contributed by atoms with E-state index in [4.69, 9.17) is 4.74 Å². The lowest BCUT2D eigenvalue weighted by molar-refractivity contribution is -0.117. The number of hydrogen-bond donors (Lipinski definition) is 1. The molecule has 0 bridgehead atoms. The van der Waals surface area contributed by atoms with Crippen LogP contribution in [0, 0.1) is 17.1 Å². The zero-order valence-corrected chi connectivity index (χ0v) is 16.5. The van der Waals surface area contributed by atoms with Gasteiger partial charge in [-0.15, -0.1) is 0 Å². The first-order valence-corrected chi connectivity index (χ1v) is 9.92. The summed E-state index contributed by atoms with van der Waals surface area (Å²) in [4.78, 5) is 30.1. The van der Waals surface area contributed by atoms with Crippen molar-refractivity contribution < 1.29 is 13.9 Å². The van der Waals surface area contributed by atoms with Crippen LogP contribution in [-0.4, -0.2) is 21.3 Å². The van der Waals surface area contributed by atoms with Crippen LogP contribution in [0.25, 0.3) is 11.7 Å². The number of nitrogens with zero attached hydrogens (tertiary/aromatic N) is 3. The average Bonchev–Trinajstić information content (AvgIpc) is 3.28. The zero-order chi connectivity index (χ0) is 21.8. The van der Waals surface area contributed by atoms with Crippen LogP contribution < -0.4 is 15.6 Å². The molecule has 0 atom stereocenters. The van der Waals surface area contributed by atoms with Crippen molar-refractivity contribution >= 4 is 17.6 Å². The molecule has 156 valence electrons. The molecule has 1 aliphatic carbocycles. The first-order valence-electron chi connectivity index (χ1n) is 9.92. The van der Waals surface area contributed by atoms with Gasteiger partial charge in [0, 0.05) is 12.2 Å². The number of benzene rings is 1. The van der Waals surface area contributed by atoms with E-state index in [2.05, 4.69) is 10.3 Å². The quantitative estimate of drug-likeness (QED) is 0.505. The molecule has 2 aromatic heterocycles. The highest BCUT2D eigenvalue weighted by Crippen LogP contribution is 2.24. The Hall–Kier alpha value is -3.99. The third-order valence-corrected chi connectivity index (χ3v) is 5.11. The van der Waals surface area contributed by atoms with Gasteiger partial charge in [0.05, 0.1) is 0 Å². The monoisotopic (exact) mass is 418 g/mol. The van der Waals surface area contributed by atoms with Crippen molar-refractivity contribution in [1.82, 2.24) is 14.7 Å².